The molecule has 1 aliphatic carbocycles. The Kier molecular flexibility index (Phi) is 5.22. The van der Waals surface area contributed by atoms with Crippen LogP contribution in [0.2, 0.25) is 0 Å². The monoisotopic (exact) mass is 462 g/mol. The van der Waals surface area contributed by atoms with Crippen LogP contribution in [0.25, 0.3) is 11.8 Å². The summed E-state index contributed by atoms with van der Waals surface area (Å²) in [7, 11) is 2.02. The molecule has 4 heterocycles. The summed E-state index contributed by atoms with van der Waals surface area (Å²) < 4.78 is 22.6. The standard InChI is InChI=1S/C26H31FN6O/c1-16-13-24(31(2)30-16)23-7-6-21(22-9-11-32(15-33(22)23)26(28)17-3-4-17)29-14-19-18-10-12-34-25(18)8-5-20(19)27/h5-9,13,17,26,30H,3-4,10-12,14-15,28H2,1-2H3/b24-23-,29-21?. The molecule has 0 saturated heterocycles. The maximum absolute atomic E-state index is 14.7. The molecule has 0 amide bonds. The van der Waals surface area contributed by atoms with Crippen LogP contribution in [0.5, 0.6) is 5.75 Å². The molecule has 2 aromatic rings. The van der Waals surface area contributed by atoms with E-state index in [1.165, 1.54) is 18.9 Å². The van der Waals surface area contributed by atoms with Crippen LogP contribution < -0.4 is 32.0 Å². The van der Waals surface area contributed by atoms with Gasteiger partial charge in [-0.15, -0.1) is 0 Å². The summed E-state index contributed by atoms with van der Waals surface area (Å²) in [6, 6.07) is 7.37. The Hall–Kier alpha value is -3.10. The summed E-state index contributed by atoms with van der Waals surface area (Å²) in [6.07, 6.45) is 7.57. The molecular formula is C26H31FN6O. The number of fused-ring (bicyclic) bond motifs is 2. The van der Waals surface area contributed by atoms with Crippen molar-refractivity contribution in [2.45, 2.75) is 45.6 Å². The Balaban J connectivity index is 1.47. The number of allylic oxidation sites excluding steroid dienone is 1. The van der Waals surface area contributed by atoms with E-state index in [1.807, 2.05) is 18.1 Å². The third kappa shape index (κ3) is 3.71. The highest BCUT2D eigenvalue weighted by Crippen LogP contribution is 2.33. The van der Waals surface area contributed by atoms with E-state index in [0.29, 0.717) is 31.3 Å². The minimum Gasteiger partial charge on any atom is -0.493 e. The van der Waals surface area contributed by atoms with Crippen LogP contribution >= 0.6 is 0 Å². The minimum absolute atomic E-state index is 0.0630. The summed E-state index contributed by atoms with van der Waals surface area (Å²) in [5.41, 5.74) is 13.7. The zero-order valence-corrected chi connectivity index (χ0v) is 19.7. The van der Waals surface area contributed by atoms with Gasteiger partial charge in [0.15, 0.2) is 0 Å². The van der Waals surface area contributed by atoms with Gasteiger partial charge in [0.1, 0.15) is 11.6 Å². The number of halogens is 1. The first-order chi connectivity index (χ1) is 16.5. The van der Waals surface area contributed by atoms with Gasteiger partial charge in [0.2, 0.25) is 0 Å². The van der Waals surface area contributed by atoms with Gasteiger partial charge in [-0.25, -0.2) is 4.39 Å². The van der Waals surface area contributed by atoms with Gasteiger partial charge in [-0.05, 0) is 62.1 Å². The molecular weight excluding hydrogens is 431 g/mol. The van der Waals surface area contributed by atoms with Gasteiger partial charge >= 0.3 is 0 Å². The van der Waals surface area contributed by atoms with Crippen LogP contribution in [0.4, 0.5) is 4.39 Å². The molecule has 7 nitrogen and oxygen atoms in total. The van der Waals surface area contributed by atoms with Crippen molar-refractivity contribution in [3.05, 3.63) is 69.0 Å². The first-order valence-corrected chi connectivity index (χ1v) is 12.1. The first-order valence-electron chi connectivity index (χ1n) is 12.1. The topological polar surface area (TPSA) is 71.0 Å². The van der Waals surface area contributed by atoms with Crippen molar-refractivity contribution >= 4 is 11.8 Å². The van der Waals surface area contributed by atoms with Gasteiger partial charge in [-0.1, -0.05) is 0 Å². The van der Waals surface area contributed by atoms with Crippen LogP contribution in [-0.2, 0) is 19.6 Å². The molecule has 1 saturated carbocycles. The molecule has 1 atom stereocenters. The van der Waals surface area contributed by atoms with Crippen molar-refractivity contribution < 1.29 is 9.13 Å². The van der Waals surface area contributed by atoms with Crippen molar-refractivity contribution in [2.24, 2.45) is 16.6 Å². The van der Waals surface area contributed by atoms with Crippen molar-refractivity contribution in [2.75, 3.05) is 20.2 Å². The predicted molar refractivity (Wildman–Crippen MR) is 128 cm³/mol. The third-order valence-electron chi connectivity index (χ3n) is 7.28. The molecule has 8 heteroatoms. The number of aromatic nitrogens is 1. The zero-order valence-electron chi connectivity index (χ0n) is 19.7. The number of nitrogens with one attached hydrogen (secondary N) is 1. The molecule has 178 valence electrons. The maximum atomic E-state index is 14.7. The maximum Gasteiger partial charge on any atom is 0.128 e. The first kappa shape index (κ1) is 21.4. The van der Waals surface area contributed by atoms with E-state index in [0.717, 1.165) is 51.7 Å². The number of ether oxygens (including phenoxy) is 1. The average Bonchev–Trinajstić information content (AvgIpc) is 3.48. The highest BCUT2D eigenvalue weighted by molar-refractivity contribution is 5.57. The summed E-state index contributed by atoms with van der Waals surface area (Å²) >= 11 is 0. The number of nitrogens with two attached hydrogens (primary N) is 1. The van der Waals surface area contributed by atoms with Crippen LogP contribution in [0.3, 0.4) is 0 Å². The van der Waals surface area contributed by atoms with E-state index in [-0.39, 0.29) is 12.0 Å². The number of pyridine rings is 1. The van der Waals surface area contributed by atoms with Crippen LogP contribution in [-0.4, -0.2) is 40.8 Å². The molecule has 1 unspecified atom stereocenters. The quantitative estimate of drug-likeness (QED) is 0.706. The van der Waals surface area contributed by atoms with Gasteiger partial charge in [0, 0.05) is 36.8 Å². The molecule has 6 rings (SSSR count). The van der Waals surface area contributed by atoms with Crippen molar-refractivity contribution in [1.29, 1.82) is 0 Å². The minimum atomic E-state index is -0.216. The van der Waals surface area contributed by atoms with E-state index >= 15 is 0 Å². The lowest BCUT2D eigenvalue weighted by Gasteiger charge is -2.32. The fraction of sp³-hybridized carbons (Fsp3) is 0.423. The predicted octanol–water partition coefficient (Wildman–Crippen LogP) is 0.873. The highest BCUT2D eigenvalue weighted by Gasteiger charge is 2.33. The van der Waals surface area contributed by atoms with Crippen LogP contribution in [0, 0.1) is 11.7 Å². The second kappa shape index (κ2) is 8.29. The molecule has 0 bridgehead atoms. The van der Waals surface area contributed by atoms with Gasteiger partial charge in [-0.3, -0.25) is 14.9 Å². The summed E-state index contributed by atoms with van der Waals surface area (Å²) in [6.45, 7) is 4.44. The number of hydrogen-bond donors (Lipinski definition) is 2. The fourth-order valence-corrected chi connectivity index (χ4v) is 5.28. The number of hydrazine groups is 1. The zero-order chi connectivity index (χ0) is 23.4. The van der Waals surface area contributed by atoms with Gasteiger partial charge in [0.05, 0.1) is 47.7 Å². The Morgan fingerprint density at radius 1 is 1.26 bits per heavy atom. The summed E-state index contributed by atoms with van der Waals surface area (Å²) in [5, 5.41) is 5.07. The molecule has 3 aliphatic heterocycles. The molecule has 1 aromatic heterocycles. The van der Waals surface area contributed by atoms with E-state index in [2.05, 4.69) is 40.0 Å². The van der Waals surface area contributed by atoms with Crippen molar-refractivity contribution in [3.8, 4) is 5.75 Å². The van der Waals surface area contributed by atoms with Crippen LogP contribution in [0.15, 0.2) is 41.0 Å². The summed E-state index contributed by atoms with van der Waals surface area (Å²) in [4.78, 5) is 7.23. The number of likely N-dealkylation sites (N-methyl/N-ethyl adjacent to an activating group) is 1. The van der Waals surface area contributed by atoms with Crippen molar-refractivity contribution in [3.63, 3.8) is 0 Å². The molecule has 1 aromatic carbocycles. The Morgan fingerprint density at radius 2 is 2.12 bits per heavy atom. The Bertz CT molecular complexity index is 1370. The Labute approximate surface area is 198 Å². The van der Waals surface area contributed by atoms with Crippen LogP contribution in [0.1, 0.15) is 30.9 Å². The highest BCUT2D eigenvalue weighted by atomic mass is 19.1. The molecule has 3 N–H and O–H groups in total. The molecule has 34 heavy (non-hydrogen) atoms. The SMILES string of the molecule is CC1=C/C(=c2\ccc(=NCc3c(F)ccc4c3CCO4)c3n2CN(C(N)C2CC2)CC=3)N(C)N1. The molecule has 0 spiro atoms. The lowest BCUT2D eigenvalue weighted by atomic mass is 10.0. The van der Waals surface area contributed by atoms with Gasteiger partial charge in [0.25, 0.3) is 0 Å². The largest absolute Gasteiger partial charge is 0.493 e. The Morgan fingerprint density at radius 3 is 2.88 bits per heavy atom. The third-order valence-corrected chi connectivity index (χ3v) is 7.28. The smallest absolute Gasteiger partial charge is 0.128 e. The van der Waals surface area contributed by atoms with E-state index in [9.17, 15) is 4.39 Å². The number of hydrogen-bond acceptors (Lipinski definition) is 6. The van der Waals surface area contributed by atoms with E-state index in [4.69, 9.17) is 15.5 Å². The number of rotatable bonds is 4. The van der Waals surface area contributed by atoms with Crippen molar-refractivity contribution in [1.82, 2.24) is 19.9 Å². The normalized spacial score (nSPS) is 22.5. The fourth-order valence-electron chi connectivity index (χ4n) is 5.28. The van der Waals surface area contributed by atoms with Gasteiger partial charge < -0.3 is 20.5 Å². The lowest BCUT2D eigenvalue weighted by molar-refractivity contribution is 0.148. The second-order valence-electron chi connectivity index (χ2n) is 9.66. The number of nitrogens with zero attached hydrogens (tertiary/aromatic N) is 4. The van der Waals surface area contributed by atoms with E-state index < -0.39 is 0 Å². The average molecular weight is 463 g/mol. The molecule has 1 fully saturated rings. The number of benzene rings is 1. The summed E-state index contributed by atoms with van der Waals surface area (Å²) in [5.74, 6) is 1.15. The molecule has 4 aliphatic rings. The van der Waals surface area contributed by atoms with Gasteiger partial charge in [-0.2, -0.15) is 0 Å². The molecule has 0 radical (unpaired) electrons. The second-order valence-corrected chi connectivity index (χ2v) is 9.66. The van der Waals surface area contributed by atoms with E-state index in [1.54, 1.807) is 6.07 Å². The lowest BCUT2D eigenvalue weighted by Crippen LogP contribution is -2.56.